The molecule has 1 N–H and O–H groups in total. The monoisotopic (exact) mass is 393 g/mol. The van der Waals surface area contributed by atoms with Gasteiger partial charge in [0.1, 0.15) is 23.5 Å². The van der Waals surface area contributed by atoms with E-state index in [-0.39, 0.29) is 5.91 Å². The molecule has 0 unspecified atom stereocenters. The van der Waals surface area contributed by atoms with Gasteiger partial charge in [0.2, 0.25) is 0 Å². The van der Waals surface area contributed by atoms with E-state index in [4.69, 9.17) is 9.15 Å². The summed E-state index contributed by atoms with van der Waals surface area (Å²) in [4.78, 5) is 12.9. The average molecular weight is 393 g/mol. The molecule has 0 aliphatic heterocycles. The van der Waals surface area contributed by atoms with Crippen molar-refractivity contribution in [2.24, 2.45) is 0 Å². The number of fused-ring (bicyclic) bond motifs is 3. The number of rotatable bonds is 5. The lowest BCUT2D eigenvalue weighted by Crippen LogP contribution is -2.13. The highest BCUT2D eigenvalue weighted by molar-refractivity contribution is 6.09. The van der Waals surface area contributed by atoms with Crippen molar-refractivity contribution in [1.29, 1.82) is 0 Å². The highest BCUT2D eigenvalue weighted by atomic mass is 16.5. The number of carbonyl (C=O) groups is 1. The van der Waals surface area contributed by atoms with Crippen molar-refractivity contribution >= 4 is 33.5 Å². The van der Waals surface area contributed by atoms with Gasteiger partial charge >= 0.3 is 0 Å². The molecule has 1 amide bonds. The standard InChI is InChI=1S/C26H19NO3/c28-26(22-11-5-6-12-23(22)29-17-18-8-2-1-3-9-18)27-19-14-15-21-20-10-4-7-13-24(20)30-25(21)16-19/h1-16H,17H2,(H,27,28). The van der Waals surface area contributed by atoms with Crippen LogP contribution in [0.2, 0.25) is 0 Å². The van der Waals surface area contributed by atoms with E-state index < -0.39 is 0 Å². The molecule has 0 aliphatic rings. The maximum atomic E-state index is 12.9. The summed E-state index contributed by atoms with van der Waals surface area (Å²) in [5.41, 5.74) is 3.77. The predicted octanol–water partition coefficient (Wildman–Crippen LogP) is 6.42. The first-order chi connectivity index (χ1) is 14.8. The Morgan fingerprint density at radius 1 is 0.767 bits per heavy atom. The summed E-state index contributed by atoms with van der Waals surface area (Å²) in [6, 6.07) is 30.7. The van der Waals surface area contributed by atoms with Crippen LogP contribution in [0.5, 0.6) is 5.75 Å². The second-order valence-electron chi connectivity index (χ2n) is 7.03. The van der Waals surface area contributed by atoms with Gasteiger partial charge in [0.05, 0.1) is 5.56 Å². The Morgan fingerprint density at radius 3 is 2.40 bits per heavy atom. The predicted molar refractivity (Wildman–Crippen MR) is 119 cm³/mol. The Labute approximate surface area is 173 Å². The molecule has 0 saturated carbocycles. The average Bonchev–Trinajstić information content (AvgIpc) is 3.16. The largest absolute Gasteiger partial charge is 0.488 e. The van der Waals surface area contributed by atoms with Crippen LogP contribution < -0.4 is 10.1 Å². The highest BCUT2D eigenvalue weighted by Crippen LogP contribution is 2.30. The summed E-state index contributed by atoms with van der Waals surface area (Å²) in [5.74, 6) is 0.317. The van der Waals surface area contributed by atoms with E-state index in [1.54, 1.807) is 12.1 Å². The number of benzene rings is 4. The van der Waals surface area contributed by atoms with Crippen LogP contribution in [0.15, 0.2) is 101 Å². The molecule has 0 aliphatic carbocycles. The van der Waals surface area contributed by atoms with Crippen molar-refractivity contribution in [2.45, 2.75) is 6.61 Å². The number of ether oxygens (including phenoxy) is 1. The molecule has 30 heavy (non-hydrogen) atoms. The summed E-state index contributed by atoms with van der Waals surface area (Å²) < 4.78 is 11.8. The molecule has 0 saturated heterocycles. The van der Waals surface area contributed by atoms with Crippen LogP contribution in [0.1, 0.15) is 15.9 Å². The van der Waals surface area contributed by atoms with Crippen LogP contribution in [0.3, 0.4) is 0 Å². The van der Waals surface area contributed by atoms with E-state index in [1.807, 2.05) is 84.9 Å². The van der Waals surface area contributed by atoms with E-state index in [0.29, 0.717) is 23.6 Å². The maximum Gasteiger partial charge on any atom is 0.259 e. The van der Waals surface area contributed by atoms with Gasteiger partial charge in [-0.15, -0.1) is 0 Å². The van der Waals surface area contributed by atoms with Gasteiger partial charge in [-0.1, -0.05) is 60.7 Å². The van der Waals surface area contributed by atoms with E-state index >= 15 is 0 Å². The number of anilines is 1. The Balaban J connectivity index is 1.38. The Morgan fingerprint density at radius 2 is 1.50 bits per heavy atom. The Kier molecular flexibility index (Phi) is 4.66. The lowest BCUT2D eigenvalue weighted by Gasteiger charge is -2.12. The summed E-state index contributed by atoms with van der Waals surface area (Å²) in [5, 5.41) is 5.04. The number of carbonyl (C=O) groups excluding carboxylic acids is 1. The molecule has 0 radical (unpaired) electrons. The molecule has 4 aromatic carbocycles. The molecule has 0 spiro atoms. The fourth-order valence-electron chi connectivity index (χ4n) is 3.52. The first-order valence-electron chi connectivity index (χ1n) is 9.76. The van der Waals surface area contributed by atoms with Gasteiger partial charge in [-0.3, -0.25) is 4.79 Å². The van der Waals surface area contributed by atoms with E-state index in [1.165, 1.54) is 0 Å². The molecule has 5 aromatic rings. The number of nitrogens with one attached hydrogen (secondary N) is 1. The molecule has 0 bridgehead atoms. The summed E-state index contributed by atoms with van der Waals surface area (Å²) in [7, 11) is 0. The minimum Gasteiger partial charge on any atom is -0.488 e. The fraction of sp³-hybridized carbons (Fsp3) is 0.0385. The Bertz CT molecular complexity index is 1340. The number of amides is 1. The van der Waals surface area contributed by atoms with Gasteiger partial charge in [-0.25, -0.2) is 0 Å². The molecule has 146 valence electrons. The van der Waals surface area contributed by atoms with Crippen molar-refractivity contribution in [1.82, 2.24) is 0 Å². The van der Waals surface area contributed by atoms with Crippen molar-refractivity contribution in [3.8, 4) is 5.75 Å². The van der Waals surface area contributed by atoms with Crippen molar-refractivity contribution in [3.05, 3.63) is 108 Å². The first kappa shape index (κ1) is 18.0. The van der Waals surface area contributed by atoms with Gasteiger partial charge in [-0.05, 0) is 35.9 Å². The van der Waals surface area contributed by atoms with Crippen LogP contribution >= 0.6 is 0 Å². The van der Waals surface area contributed by atoms with E-state index in [0.717, 1.165) is 27.5 Å². The summed E-state index contributed by atoms with van der Waals surface area (Å²) in [6.07, 6.45) is 0. The van der Waals surface area contributed by atoms with E-state index in [9.17, 15) is 4.79 Å². The minimum atomic E-state index is -0.228. The summed E-state index contributed by atoms with van der Waals surface area (Å²) in [6.45, 7) is 0.399. The maximum absolute atomic E-state index is 12.9. The first-order valence-corrected chi connectivity index (χ1v) is 9.76. The van der Waals surface area contributed by atoms with Gasteiger partial charge in [-0.2, -0.15) is 0 Å². The van der Waals surface area contributed by atoms with Crippen molar-refractivity contribution < 1.29 is 13.9 Å². The molecule has 5 rings (SSSR count). The Hall–Kier alpha value is -4.05. The zero-order valence-electron chi connectivity index (χ0n) is 16.2. The van der Waals surface area contributed by atoms with Gasteiger partial charge in [0, 0.05) is 22.5 Å². The van der Waals surface area contributed by atoms with Crippen LogP contribution in [-0.4, -0.2) is 5.91 Å². The van der Waals surface area contributed by atoms with Crippen LogP contribution in [0.25, 0.3) is 21.9 Å². The molecular weight excluding hydrogens is 374 g/mol. The molecular formula is C26H19NO3. The smallest absolute Gasteiger partial charge is 0.259 e. The normalized spacial score (nSPS) is 10.9. The third-order valence-corrected chi connectivity index (χ3v) is 5.01. The second kappa shape index (κ2) is 7.76. The molecule has 1 aromatic heterocycles. The lowest BCUT2D eigenvalue weighted by atomic mass is 10.1. The third-order valence-electron chi connectivity index (χ3n) is 5.01. The van der Waals surface area contributed by atoms with E-state index in [2.05, 4.69) is 5.32 Å². The number of para-hydroxylation sites is 2. The van der Waals surface area contributed by atoms with Crippen LogP contribution in [-0.2, 0) is 6.61 Å². The molecule has 4 heteroatoms. The molecule has 4 nitrogen and oxygen atoms in total. The second-order valence-corrected chi connectivity index (χ2v) is 7.03. The summed E-state index contributed by atoms with van der Waals surface area (Å²) >= 11 is 0. The third kappa shape index (κ3) is 3.51. The van der Waals surface area contributed by atoms with Crippen molar-refractivity contribution in [3.63, 3.8) is 0 Å². The molecule has 1 heterocycles. The van der Waals surface area contributed by atoms with Crippen molar-refractivity contribution in [2.75, 3.05) is 5.32 Å². The van der Waals surface area contributed by atoms with Crippen LogP contribution in [0.4, 0.5) is 5.69 Å². The SMILES string of the molecule is O=C(Nc1ccc2c(c1)oc1ccccc12)c1ccccc1OCc1ccccc1. The quantitative estimate of drug-likeness (QED) is 0.375. The molecule has 0 atom stereocenters. The highest BCUT2D eigenvalue weighted by Gasteiger charge is 2.14. The number of hydrogen-bond donors (Lipinski definition) is 1. The fourth-order valence-corrected chi connectivity index (χ4v) is 3.52. The zero-order chi connectivity index (χ0) is 20.3. The zero-order valence-corrected chi connectivity index (χ0v) is 16.2. The van der Waals surface area contributed by atoms with Crippen LogP contribution in [0, 0.1) is 0 Å². The lowest BCUT2D eigenvalue weighted by molar-refractivity contribution is 0.102. The topological polar surface area (TPSA) is 51.5 Å². The van der Waals surface area contributed by atoms with Gasteiger partial charge < -0.3 is 14.5 Å². The number of furan rings is 1. The minimum absolute atomic E-state index is 0.228. The van der Waals surface area contributed by atoms with Gasteiger partial charge in [0.15, 0.2) is 0 Å². The number of hydrogen-bond acceptors (Lipinski definition) is 3. The van der Waals surface area contributed by atoms with Gasteiger partial charge in [0.25, 0.3) is 5.91 Å². The molecule has 0 fully saturated rings.